The molecule has 0 amide bonds. The first-order valence-corrected chi connectivity index (χ1v) is 11.1. The Balaban J connectivity index is 1.81. The van der Waals surface area contributed by atoms with Crippen LogP contribution in [0, 0.1) is 0 Å². The summed E-state index contributed by atoms with van der Waals surface area (Å²) < 4.78 is 0. The van der Waals surface area contributed by atoms with Gasteiger partial charge in [0.15, 0.2) is 5.78 Å². The predicted molar refractivity (Wildman–Crippen MR) is 125 cm³/mol. The summed E-state index contributed by atoms with van der Waals surface area (Å²) in [5, 5.41) is 13.1. The van der Waals surface area contributed by atoms with Crippen LogP contribution in [0.2, 0.25) is 0 Å². The van der Waals surface area contributed by atoms with Crippen molar-refractivity contribution in [3.05, 3.63) is 70.8 Å². The van der Waals surface area contributed by atoms with Gasteiger partial charge in [-0.2, -0.15) is 0 Å². The summed E-state index contributed by atoms with van der Waals surface area (Å²) in [5.41, 5.74) is 7.86. The number of carbonyl (C=O) groups is 1. The molecule has 0 aliphatic carbocycles. The number of Topliss-reactive ketones (excluding diaryl/α,β-unsaturated/α-hetero) is 1. The van der Waals surface area contributed by atoms with E-state index >= 15 is 0 Å². The minimum Gasteiger partial charge on any atom is -0.391 e. The lowest BCUT2D eigenvalue weighted by Gasteiger charge is -2.18. The average Bonchev–Trinajstić information content (AvgIpc) is 3.53. The Morgan fingerprint density at radius 1 is 0.906 bits per heavy atom. The number of likely N-dealkylation sites (N-methyl/N-ethyl adjacent to an activating group) is 1. The van der Waals surface area contributed by atoms with Gasteiger partial charge in [-0.25, -0.2) is 0 Å². The summed E-state index contributed by atoms with van der Waals surface area (Å²) in [6.45, 7) is 1.62. The molecule has 0 unspecified atom stereocenters. The number of fused-ring (bicyclic) bond motifs is 8. The van der Waals surface area contributed by atoms with E-state index in [1.807, 2.05) is 36.4 Å². The van der Waals surface area contributed by atoms with Crippen LogP contribution in [0.1, 0.15) is 40.1 Å². The first kappa shape index (κ1) is 20.6. The van der Waals surface area contributed by atoms with Gasteiger partial charge < -0.3 is 20.4 Å². The van der Waals surface area contributed by atoms with Gasteiger partial charge in [-0.05, 0) is 82.1 Å². The van der Waals surface area contributed by atoms with Gasteiger partial charge in [0.25, 0.3) is 0 Å². The number of carbonyl (C=O) groups excluding carboxylic acids is 1. The molecule has 0 radical (unpaired) electrons. The van der Waals surface area contributed by atoms with E-state index in [1.54, 1.807) is 14.0 Å². The van der Waals surface area contributed by atoms with Crippen molar-refractivity contribution in [3.63, 3.8) is 0 Å². The van der Waals surface area contributed by atoms with Crippen molar-refractivity contribution < 1.29 is 9.90 Å². The maximum atomic E-state index is 13.5. The molecule has 3 aromatic heterocycles. The largest absolute Gasteiger partial charge is 0.391 e. The van der Waals surface area contributed by atoms with Crippen LogP contribution in [-0.4, -0.2) is 50.0 Å². The van der Waals surface area contributed by atoms with E-state index in [0.29, 0.717) is 17.5 Å². The van der Waals surface area contributed by atoms with E-state index in [-0.39, 0.29) is 5.78 Å². The van der Waals surface area contributed by atoms with Gasteiger partial charge in [0.05, 0.1) is 28.9 Å². The molecule has 32 heavy (non-hydrogen) atoms. The molecule has 8 bridgehead atoms. The second-order valence-corrected chi connectivity index (χ2v) is 8.52. The predicted octanol–water partition coefficient (Wildman–Crippen LogP) is 3.04. The number of nitrogens with zero attached hydrogens (tertiary/aromatic N) is 2. The minimum absolute atomic E-state index is 0.164. The highest BCUT2D eigenvalue weighted by Gasteiger charge is 2.28. The van der Waals surface area contributed by atoms with E-state index in [2.05, 4.69) is 21.4 Å². The number of hydrogen-bond donors (Lipinski definition) is 4. The molecule has 0 spiro atoms. The highest BCUT2D eigenvalue weighted by Crippen LogP contribution is 2.22. The quantitative estimate of drug-likeness (QED) is 0.477. The van der Waals surface area contributed by atoms with Crippen LogP contribution in [0.15, 0.2) is 42.5 Å². The maximum absolute atomic E-state index is 13.5. The molecular formula is C25H27N5O2. The van der Waals surface area contributed by atoms with Crippen LogP contribution in [0.5, 0.6) is 0 Å². The lowest BCUT2D eigenvalue weighted by atomic mass is 9.98. The zero-order chi connectivity index (χ0) is 22.2. The van der Waals surface area contributed by atoms with E-state index in [4.69, 9.17) is 9.97 Å². The fourth-order valence-corrected chi connectivity index (χ4v) is 4.53. The maximum Gasteiger partial charge on any atom is 0.186 e. The van der Waals surface area contributed by atoms with Crippen LogP contribution < -0.4 is 5.32 Å². The number of rotatable bonds is 4. The molecule has 0 fully saturated rings. The van der Waals surface area contributed by atoms with Crippen LogP contribution in [0.25, 0.3) is 22.1 Å². The molecule has 4 N–H and O–H groups in total. The van der Waals surface area contributed by atoms with E-state index in [1.165, 1.54) is 0 Å². The number of hydrogen-bond acceptors (Lipinski definition) is 5. The molecule has 5 heterocycles. The standard InChI is InChI=1S/C25H27N5O2/c1-14(31)24(26-2)25(32)23-21-9-7-19(29-21)12-17-5-3-15(27-17)11-16-4-6-18(28-16)13-20-8-10-22(23)30-20/h3,5,8,10-14,24,26-27,30-31H,4,6-7,9H2,1-2H3/t14-,24+/m1/s1. The molecule has 0 saturated heterocycles. The summed E-state index contributed by atoms with van der Waals surface area (Å²) in [5.74, 6) is -0.164. The molecule has 0 saturated carbocycles. The van der Waals surface area contributed by atoms with Gasteiger partial charge in [-0.3, -0.25) is 14.8 Å². The van der Waals surface area contributed by atoms with Crippen LogP contribution in [-0.2, 0) is 25.7 Å². The van der Waals surface area contributed by atoms with Gasteiger partial charge in [0, 0.05) is 33.6 Å². The number of aryl methyl sites for hydroxylation is 4. The first-order valence-electron chi connectivity index (χ1n) is 11.1. The van der Waals surface area contributed by atoms with E-state index < -0.39 is 12.1 Å². The zero-order valence-electron chi connectivity index (χ0n) is 18.3. The number of aromatic amines is 2. The van der Waals surface area contributed by atoms with Crippen molar-refractivity contribution in [2.45, 2.75) is 44.8 Å². The summed E-state index contributed by atoms with van der Waals surface area (Å²) in [6, 6.07) is 13.4. The monoisotopic (exact) mass is 429 g/mol. The van der Waals surface area contributed by atoms with E-state index in [9.17, 15) is 9.90 Å². The Bertz CT molecular complexity index is 1330. The van der Waals surface area contributed by atoms with Gasteiger partial charge in [0.2, 0.25) is 0 Å². The number of aliphatic hydroxyl groups is 1. The third-order valence-electron chi connectivity index (χ3n) is 6.11. The molecule has 5 rings (SSSR count). The van der Waals surface area contributed by atoms with Crippen LogP contribution in [0.3, 0.4) is 0 Å². The third-order valence-corrected chi connectivity index (χ3v) is 6.11. The lowest BCUT2D eigenvalue weighted by molar-refractivity contribution is 0.0810. The number of aliphatic hydroxyl groups excluding tert-OH is 1. The van der Waals surface area contributed by atoms with Crippen LogP contribution in [0.4, 0.5) is 0 Å². The molecule has 2 aliphatic rings. The number of aromatic nitrogens is 4. The van der Waals surface area contributed by atoms with Crippen molar-refractivity contribution in [2.24, 2.45) is 0 Å². The minimum atomic E-state index is -0.825. The molecule has 3 aromatic rings. The Kier molecular flexibility index (Phi) is 5.36. The summed E-state index contributed by atoms with van der Waals surface area (Å²) in [4.78, 5) is 29.9. The Labute approximate surface area is 186 Å². The molecule has 0 aromatic carbocycles. The topological polar surface area (TPSA) is 107 Å². The molecule has 2 atom stereocenters. The second-order valence-electron chi connectivity index (χ2n) is 8.52. The third kappa shape index (κ3) is 3.97. The molecule has 7 heteroatoms. The number of ketones is 1. The van der Waals surface area contributed by atoms with Crippen molar-refractivity contribution >= 4 is 27.9 Å². The van der Waals surface area contributed by atoms with E-state index in [0.717, 1.165) is 58.6 Å². The van der Waals surface area contributed by atoms with Gasteiger partial charge in [0.1, 0.15) is 0 Å². The fraction of sp³-hybridized carbons (Fsp3) is 0.320. The van der Waals surface area contributed by atoms with Gasteiger partial charge in [-0.1, -0.05) is 0 Å². The van der Waals surface area contributed by atoms with Gasteiger partial charge in [-0.15, -0.1) is 0 Å². The van der Waals surface area contributed by atoms with Gasteiger partial charge >= 0.3 is 0 Å². The second kappa shape index (κ2) is 8.33. The average molecular weight is 430 g/mol. The zero-order valence-corrected chi connectivity index (χ0v) is 18.3. The molecule has 2 aliphatic heterocycles. The van der Waals surface area contributed by atoms with Crippen LogP contribution >= 0.6 is 0 Å². The summed E-state index contributed by atoms with van der Waals surface area (Å²) in [7, 11) is 1.69. The molecular weight excluding hydrogens is 402 g/mol. The molecule has 164 valence electrons. The Hall–Kier alpha value is -3.29. The first-order chi connectivity index (χ1) is 15.5. The van der Waals surface area contributed by atoms with Crippen molar-refractivity contribution in [1.82, 2.24) is 25.3 Å². The SMILES string of the molecule is CN[C@H](C(=O)c1c2nc(cc3ccc(cc4nc(cc5ccc1[nH]5)CC4)[nH]3)CC2)[C@@H](C)O. The highest BCUT2D eigenvalue weighted by molar-refractivity contribution is 6.07. The normalized spacial score (nSPS) is 15.5. The Morgan fingerprint density at radius 2 is 1.47 bits per heavy atom. The Morgan fingerprint density at radius 3 is 2.09 bits per heavy atom. The smallest absolute Gasteiger partial charge is 0.186 e. The van der Waals surface area contributed by atoms with Crippen molar-refractivity contribution in [1.29, 1.82) is 0 Å². The fourth-order valence-electron chi connectivity index (χ4n) is 4.53. The highest BCUT2D eigenvalue weighted by atomic mass is 16.3. The van der Waals surface area contributed by atoms with Crippen molar-refractivity contribution in [3.8, 4) is 0 Å². The number of H-pyrrole nitrogens is 2. The molecule has 7 nitrogen and oxygen atoms in total. The van der Waals surface area contributed by atoms with Crippen molar-refractivity contribution in [2.75, 3.05) is 7.05 Å². The summed E-state index contributed by atoms with van der Waals surface area (Å²) in [6.07, 6.45) is 2.38. The number of nitrogens with one attached hydrogen (secondary N) is 3. The summed E-state index contributed by atoms with van der Waals surface area (Å²) >= 11 is 0. The lowest BCUT2D eigenvalue weighted by Crippen LogP contribution is -2.43.